The van der Waals surface area contributed by atoms with Crippen LogP contribution in [0.4, 0.5) is 4.79 Å². The zero-order valence-corrected chi connectivity index (χ0v) is 17.8. The largest absolute Gasteiger partial charge is 0.458 e. The molecule has 0 saturated carbocycles. The number of hydrogen-bond donors (Lipinski definition) is 1. The van der Waals surface area contributed by atoms with E-state index in [4.69, 9.17) is 18.9 Å². The van der Waals surface area contributed by atoms with E-state index in [0.29, 0.717) is 0 Å². The second kappa shape index (κ2) is 8.36. The van der Waals surface area contributed by atoms with Gasteiger partial charge in [0.1, 0.15) is 17.2 Å². The monoisotopic (exact) mass is 401 g/mol. The Morgan fingerprint density at radius 2 is 1.46 bits per heavy atom. The average Bonchev–Trinajstić information content (AvgIpc) is 2.39. The lowest BCUT2D eigenvalue weighted by Crippen LogP contribution is -2.48. The van der Waals surface area contributed by atoms with Crippen LogP contribution in [0, 0.1) is 5.92 Å². The number of alkyl carbamates (subject to hydrolysis) is 1. The maximum Gasteiger partial charge on any atom is 0.408 e. The molecule has 1 aliphatic rings. The van der Waals surface area contributed by atoms with Gasteiger partial charge in [-0.05, 0) is 54.4 Å². The van der Waals surface area contributed by atoms with Crippen LogP contribution in [-0.4, -0.2) is 47.0 Å². The van der Waals surface area contributed by atoms with Crippen molar-refractivity contribution in [1.29, 1.82) is 0 Å². The number of ether oxygens (including phenoxy) is 4. The molecule has 0 unspecified atom stereocenters. The Hall–Kier alpha value is -2.32. The van der Waals surface area contributed by atoms with E-state index in [2.05, 4.69) is 5.32 Å². The van der Waals surface area contributed by atoms with Gasteiger partial charge in [0, 0.05) is 13.8 Å². The van der Waals surface area contributed by atoms with Crippen molar-refractivity contribution in [3.8, 4) is 0 Å². The molecular formula is C19H31NO8. The topological polar surface area (TPSA) is 117 Å². The summed E-state index contributed by atoms with van der Waals surface area (Å²) in [7, 11) is 0. The molecule has 1 heterocycles. The SMILES string of the molecule is CC(C)(C)OC(=O)N[C@@H](CCC1C(=O)OC(C)(C)OC1=O)C(=O)OC(C)(C)C. The molecule has 9 nitrogen and oxygen atoms in total. The van der Waals surface area contributed by atoms with Crippen LogP contribution >= 0.6 is 0 Å². The number of rotatable bonds is 5. The number of cyclic esters (lactones) is 2. The Labute approximate surface area is 165 Å². The highest BCUT2D eigenvalue weighted by Gasteiger charge is 2.43. The highest BCUT2D eigenvalue weighted by atomic mass is 16.7. The van der Waals surface area contributed by atoms with E-state index in [1.165, 1.54) is 13.8 Å². The van der Waals surface area contributed by atoms with Crippen LogP contribution in [0.25, 0.3) is 0 Å². The normalized spacial score (nSPS) is 18.6. The molecule has 1 saturated heterocycles. The summed E-state index contributed by atoms with van der Waals surface area (Å²) >= 11 is 0. The van der Waals surface area contributed by atoms with Gasteiger partial charge in [0.25, 0.3) is 5.79 Å². The lowest BCUT2D eigenvalue weighted by Gasteiger charge is -2.33. The minimum absolute atomic E-state index is 0.0382. The lowest BCUT2D eigenvalue weighted by atomic mass is 9.98. The van der Waals surface area contributed by atoms with Crippen LogP contribution < -0.4 is 5.32 Å². The first-order valence-corrected chi connectivity index (χ1v) is 9.17. The van der Waals surface area contributed by atoms with Crippen molar-refractivity contribution in [3.63, 3.8) is 0 Å². The molecule has 1 N–H and O–H groups in total. The second-order valence-electron chi connectivity index (χ2n) is 9.10. The number of carbonyl (C=O) groups excluding carboxylic acids is 4. The third kappa shape index (κ3) is 8.14. The van der Waals surface area contributed by atoms with E-state index in [-0.39, 0.29) is 12.8 Å². The summed E-state index contributed by atoms with van der Waals surface area (Å²) in [6.45, 7) is 13.0. The minimum Gasteiger partial charge on any atom is -0.458 e. The predicted octanol–water partition coefficient (Wildman–Crippen LogP) is 2.45. The maximum absolute atomic E-state index is 12.5. The quantitative estimate of drug-likeness (QED) is 0.424. The predicted molar refractivity (Wildman–Crippen MR) is 98.0 cm³/mol. The van der Waals surface area contributed by atoms with Crippen molar-refractivity contribution < 1.29 is 38.1 Å². The first-order valence-electron chi connectivity index (χ1n) is 9.17. The van der Waals surface area contributed by atoms with E-state index >= 15 is 0 Å². The zero-order valence-electron chi connectivity index (χ0n) is 17.8. The second-order valence-corrected chi connectivity index (χ2v) is 9.10. The molecule has 0 aromatic rings. The number of esters is 3. The fraction of sp³-hybridized carbons (Fsp3) is 0.789. The van der Waals surface area contributed by atoms with Crippen molar-refractivity contribution in [2.75, 3.05) is 0 Å². The van der Waals surface area contributed by atoms with Gasteiger partial charge in [0.05, 0.1) is 0 Å². The molecule has 0 aromatic heterocycles. The molecule has 0 radical (unpaired) electrons. The molecule has 1 amide bonds. The summed E-state index contributed by atoms with van der Waals surface area (Å²) < 4.78 is 20.6. The van der Waals surface area contributed by atoms with E-state index in [0.717, 1.165) is 0 Å². The molecule has 1 aliphatic heterocycles. The summed E-state index contributed by atoms with van der Waals surface area (Å²) in [5.41, 5.74) is -1.54. The van der Waals surface area contributed by atoms with Gasteiger partial charge in [-0.2, -0.15) is 0 Å². The van der Waals surface area contributed by atoms with Crippen molar-refractivity contribution >= 4 is 24.0 Å². The summed E-state index contributed by atoms with van der Waals surface area (Å²) in [5.74, 6) is -4.68. The summed E-state index contributed by atoms with van der Waals surface area (Å²) in [6, 6.07) is -1.11. The Kier molecular flexibility index (Phi) is 7.08. The Morgan fingerprint density at radius 1 is 1.00 bits per heavy atom. The summed E-state index contributed by atoms with van der Waals surface area (Å²) in [5, 5.41) is 2.44. The molecule has 0 spiro atoms. The molecular weight excluding hydrogens is 370 g/mol. The van der Waals surface area contributed by atoms with Gasteiger partial charge in [-0.3, -0.25) is 9.59 Å². The van der Waals surface area contributed by atoms with Crippen LogP contribution in [0.2, 0.25) is 0 Å². The molecule has 0 aromatic carbocycles. The smallest absolute Gasteiger partial charge is 0.408 e. The fourth-order valence-corrected chi connectivity index (χ4v) is 2.38. The first kappa shape index (κ1) is 23.7. The van der Waals surface area contributed by atoms with E-state index in [1.807, 2.05) is 0 Å². The van der Waals surface area contributed by atoms with E-state index in [9.17, 15) is 19.2 Å². The highest BCUT2D eigenvalue weighted by Crippen LogP contribution is 2.26. The zero-order chi connectivity index (χ0) is 21.9. The van der Waals surface area contributed by atoms with Crippen LogP contribution in [0.1, 0.15) is 68.2 Å². The molecule has 0 aliphatic carbocycles. The first-order chi connectivity index (χ1) is 12.5. The molecule has 1 rings (SSSR count). The van der Waals surface area contributed by atoms with Crippen molar-refractivity contribution in [2.45, 2.75) is 91.3 Å². The van der Waals surface area contributed by atoms with Crippen molar-refractivity contribution in [1.82, 2.24) is 5.32 Å². The molecule has 160 valence electrons. The van der Waals surface area contributed by atoms with Crippen LogP contribution in [-0.2, 0) is 33.3 Å². The fourth-order valence-electron chi connectivity index (χ4n) is 2.38. The van der Waals surface area contributed by atoms with Gasteiger partial charge < -0.3 is 24.3 Å². The van der Waals surface area contributed by atoms with Gasteiger partial charge >= 0.3 is 24.0 Å². The van der Waals surface area contributed by atoms with Crippen LogP contribution in [0.15, 0.2) is 0 Å². The number of amides is 1. The van der Waals surface area contributed by atoms with Gasteiger partial charge in [-0.15, -0.1) is 0 Å². The van der Waals surface area contributed by atoms with E-state index in [1.54, 1.807) is 41.5 Å². The molecule has 1 fully saturated rings. The molecule has 1 atom stereocenters. The van der Waals surface area contributed by atoms with Crippen LogP contribution in [0.5, 0.6) is 0 Å². The Morgan fingerprint density at radius 3 is 1.89 bits per heavy atom. The van der Waals surface area contributed by atoms with Crippen LogP contribution in [0.3, 0.4) is 0 Å². The third-order valence-electron chi connectivity index (χ3n) is 3.39. The Bertz CT molecular complexity index is 607. The summed E-state index contributed by atoms with van der Waals surface area (Å²) in [4.78, 5) is 48.7. The lowest BCUT2D eigenvalue weighted by molar-refractivity contribution is -0.240. The highest BCUT2D eigenvalue weighted by molar-refractivity contribution is 5.96. The third-order valence-corrected chi connectivity index (χ3v) is 3.39. The van der Waals surface area contributed by atoms with Gasteiger partial charge in [0.2, 0.25) is 0 Å². The molecule has 28 heavy (non-hydrogen) atoms. The number of carbonyl (C=O) groups is 4. The molecule has 9 heteroatoms. The summed E-state index contributed by atoms with van der Waals surface area (Å²) in [6.07, 6.45) is -0.907. The van der Waals surface area contributed by atoms with Crippen molar-refractivity contribution in [2.24, 2.45) is 5.92 Å². The minimum atomic E-state index is -1.33. The van der Waals surface area contributed by atoms with Gasteiger partial charge in [-0.25, -0.2) is 9.59 Å². The number of nitrogens with one attached hydrogen (secondary N) is 1. The molecule has 0 bridgehead atoms. The average molecular weight is 401 g/mol. The van der Waals surface area contributed by atoms with Gasteiger partial charge in [0.15, 0.2) is 5.92 Å². The standard InChI is InChI=1S/C19H31NO8/c1-17(2,3)25-15(23)12(20-16(24)28-18(4,5)6)10-9-11-13(21)26-19(7,8)27-14(11)22/h11-12H,9-10H2,1-8H3,(H,20,24)/t12-/m0/s1. The maximum atomic E-state index is 12.5. The number of hydrogen-bond acceptors (Lipinski definition) is 8. The van der Waals surface area contributed by atoms with E-state index < -0.39 is 53.0 Å². The van der Waals surface area contributed by atoms with Crippen molar-refractivity contribution in [3.05, 3.63) is 0 Å². The van der Waals surface area contributed by atoms with Gasteiger partial charge in [-0.1, -0.05) is 0 Å². The Balaban J connectivity index is 2.84.